The van der Waals surface area contributed by atoms with Crippen molar-refractivity contribution < 1.29 is 19.1 Å². The smallest absolute Gasteiger partial charge is 0.425 e. The van der Waals surface area contributed by atoms with Gasteiger partial charge in [0.05, 0.1) is 0 Å². The highest BCUT2D eigenvalue weighted by molar-refractivity contribution is 5.81. The molecule has 0 saturated heterocycles. The molecule has 0 bridgehead atoms. The molecule has 2 aromatic rings. The van der Waals surface area contributed by atoms with Gasteiger partial charge in [-0.2, -0.15) is 0 Å². The van der Waals surface area contributed by atoms with E-state index in [0.29, 0.717) is 6.42 Å². The molecule has 0 fully saturated rings. The molecule has 0 aromatic heterocycles. The van der Waals surface area contributed by atoms with Gasteiger partial charge in [-0.3, -0.25) is 0 Å². The minimum absolute atomic E-state index is 0.0902. The molecule has 0 spiro atoms. The van der Waals surface area contributed by atoms with Crippen molar-refractivity contribution in [3.8, 4) is 0 Å². The number of esters is 1. The molecule has 6 nitrogen and oxygen atoms in total. The molecule has 1 amide bonds. The lowest BCUT2D eigenvalue weighted by Crippen LogP contribution is -2.50. The Morgan fingerprint density at radius 1 is 0.926 bits per heavy atom. The topological polar surface area (TPSA) is 81.9 Å². The van der Waals surface area contributed by atoms with Gasteiger partial charge in [0.1, 0.15) is 19.3 Å². The van der Waals surface area contributed by atoms with Crippen LogP contribution in [0.25, 0.3) is 0 Å². The molecule has 27 heavy (non-hydrogen) atoms. The first-order valence-corrected chi connectivity index (χ1v) is 9.07. The molecule has 1 atom stereocenters. The van der Waals surface area contributed by atoms with Gasteiger partial charge >= 0.3 is 12.1 Å². The van der Waals surface area contributed by atoms with Crippen LogP contribution in [0, 0.1) is 0 Å². The zero-order chi connectivity index (χ0) is 19.5. The van der Waals surface area contributed by atoms with Gasteiger partial charge in [-0.15, -0.1) is 0 Å². The Morgan fingerprint density at radius 2 is 1.44 bits per heavy atom. The van der Waals surface area contributed by atoms with Gasteiger partial charge in [0.25, 0.3) is 0 Å². The van der Waals surface area contributed by atoms with E-state index in [1.54, 1.807) is 0 Å². The molecular weight excluding hydrogens is 344 g/mol. The second-order valence-electron chi connectivity index (χ2n) is 6.20. The summed E-state index contributed by atoms with van der Waals surface area (Å²) in [4.78, 5) is 24.8. The highest BCUT2D eigenvalue weighted by Crippen LogP contribution is 2.12. The van der Waals surface area contributed by atoms with Crippen LogP contribution >= 0.6 is 0 Å². The van der Waals surface area contributed by atoms with E-state index in [0.717, 1.165) is 29.0 Å². The Hall–Kier alpha value is -2.86. The van der Waals surface area contributed by atoms with E-state index in [4.69, 9.17) is 15.3 Å². The Bertz CT molecular complexity index is 707. The molecule has 2 N–H and O–H groups in total. The minimum atomic E-state index is -0.878. The molecule has 144 valence electrons. The fraction of sp³-hybridized carbons (Fsp3) is 0.333. The average Bonchev–Trinajstić information content (AvgIpc) is 2.72. The van der Waals surface area contributed by atoms with Gasteiger partial charge in [0.15, 0.2) is 0 Å². The van der Waals surface area contributed by atoms with Gasteiger partial charge in [-0.1, -0.05) is 80.4 Å². The normalized spacial score (nSPS) is 11.5. The Balaban J connectivity index is 1.93. The summed E-state index contributed by atoms with van der Waals surface area (Å²) in [6, 6.07) is 17.8. The SMILES string of the molecule is CCCC[C@@H](C(=O)OCc1ccccc1)N(N)C(=O)OCc1ccccc1. The van der Waals surface area contributed by atoms with E-state index >= 15 is 0 Å². The van der Waals surface area contributed by atoms with Crippen LogP contribution in [0.4, 0.5) is 4.79 Å². The third-order valence-corrected chi connectivity index (χ3v) is 4.08. The molecule has 0 saturated carbocycles. The maximum Gasteiger partial charge on any atom is 0.425 e. The van der Waals surface area contributed by atoms with E-state index in [-0.39, 0.29) is 13.2 Å². The van der Waals surface area contributed by atoms with Crippen LogP contribution in [-0.4, -0.2) is 23.1 Å². The summed E-state index contributed by atoms with van der Waals surface area (Å²) in [6.07, 6.45) is 1.28. The van der Waals surface area contributed by atoms with E-state index in [9.17, 15) is 9.59 Å². The van der Waals surface area contributed by atoms with Crippen molar-refractivity contribution >= 4 is 12.1 Å². The second kappa shape index (κ2) is 11.0. The number of nitrogens with two attached hydrogens (primary N) is 1. The molecule has 6 heteroatoms. The minimum Gasteiger partial charge on any atom is -0.459 e. The number of carbonyl (C=O) groups excluding carboxylic acids is 2. The summed E-state index contributed by atoms with van der Waals surface area (Å²) in [7, 11) is 0. The summed E-state index contributed by atoms with van der Waals surface area (Å²) in [5, 5.41) is 0.839. The first-order chi connectivity index (χ1) is 13.1. The summed E-state index contributed by atoms with van der Waals surface area (Å²) in [6.45, 7) is 2.23. The zero-order valence-corrected chi connectivity index (χ0v) is 15.5. The van der Waals surface area contributed by atoms with Crippen molar-refractivity contribution in [2.45, 2.75) is 45.4 Å². The lowest BCUT2D eigenvalue weighted by molar-refractivity contribution is -0.151. The number of hydrogen-bond donors (Lipinski definition) is 1. The summed E-state index contributed by atoms with van der Waals surface area (Å²) in [5.41, 5.74) is 1.71. The van der Waals surface area contributed by atoms with Crippen molar-refractivity contribution in [3.63, 3.8) is 0 Å². The summed E-state index contributed by atoms with van der Waals surface area (Å²) < 4.78 is 10.6. The average molecular weight is 370 g/mol. The number of amides is 1. The maximum absolute atomic E-state index is 12.5. The fourth-order valence-electron chi connectivity index (χ4n) is 2.51. The predicted octanol–water partition coefficient (Wildman–Crippen LogP) is 3.80. The molecule has 0 unspecified atom stereocenters. The lowest BCUT2D eigenvalue weighted by Gasteiger charge is -2.25. The summed E-state index contributed by atoms with van der Waals surface area (Å²) >= 11 is 0. The number of hydrazine groups is 1. The number of rotatable bonds is 9. The van der Waals surface area contributed by atoms with Crippen LogP contribution < -0.4 is 5.84 Å². The van der Waals surface area contributed by atoms with Crippen LogP contribution in [0.5, 0.6) is 0 Å². The first-order valence-electron chi connectivity index (χ1n) is 9.07. The monoisotopic (exact) mass is 370 g/mol. The quantitative estimate of drug-likeness (QED) is 0.314. The first kappa shape index (κ1) is 20.5. The molecule has 0 heterocycles. The third-order valence-electron chi connectivity index (χ3n) is 4.08. The molecule has 0 aliphatic carbocycles. The number of carbonyl (C=O) groups is 2. The molecule has 2 rings (SSSR count). The van der Waals surface area contributed by atoms with E-state index < -0.39 is 18.1 Å². The summed E-state index contributed by atoms with van der Waals surface area (Å²) in [5.74, 6) is 5.36. The molecule has 0 radical (unpaired) electrons. The number of benzene rings is 2. The second-order valence-corrected chi connectivity index (χ2v) is 6.20. The van der Waals surface area contributed by atoms with Crippen molar-refractivity contribution in [1.29, 1.82) is 0 Å². The van der Waals surface area contributed by atoms with Crippen LogP contribution in [0.1, 0.15) is 37.3 Å². The van der Waals surface area contributed by atoms with Crippen LogP contribution in [0.2, 0.25) is 0 Å². The van der Waals surface area contributed by atoms with Gasteiger partial charge in [0.2, 0.25) is 0 Å². The molecule has 0 aliphatic heterocycles. The predicted molar refractivity (Wildman–Crippen MR) is 102 cm³/mol. The van der Waals surface area contributed by atoms with Crippen molar-refractivity contribution in [1.82, 2.24) is 5.01 Å². The van der Waals surface area contributed by atoms with Crippen molar-refractivity contribution in [2.24, 2.45) is 5.84 Å². The number of unbranched alkanes of at least 4 members (excludes halogenated alkanes) is 1. The van der Waals surface area contributed by atoms with Crippen molar-refractivity contribution in [2.75, 3.05) is 0 Å². The van der Waals surface area contributed by atoms with E-state index in [1.165, 1.54) is 0 Å². The van der Waals surface area contributed by atoms with Crippen molar-refractivity contribution in [3.05, 3.63) is 71.8 Å². The van der Waals surface area contributed by atoms with Gasteiger partial charge in [0, 0.05) is 0 Å². The number of nitrogens with zero attached hydrogens (tertiary/aromatic N) is 1. The largest absolute Gasteiger partial charge is 0.459 e. The number of hydrogen-bond acceptors (Lipinski definition) is 5. The van der Waals surface area contributed by atoms with Crippen LogP contribution in [0.3, 0.4) is 0 Å². The Morgan fingerprint density at radius 3 is 1.96 bits per heavy atom. The van der Waals surface area contributed by atoms with Gasteiger partial charge in [-0.25, -0.2) is 20.4 Å². The maximum atomic E-state index is 12.5. The Kier molecular flexibility index (Phi) is 8.32. The standard InChI is InChI=1S/C21H26N2O4/c1-2-3-14-19(20(24)26-15-17-10-6-4-7-11-17)23(22)21(25)27-16-18-12-8-5-9-13-18/h4-13,19H,2-3,14-16,22H2,1H3/t19-/m0/s1. The molecule has 2 aromatic carbocycles. The lowest BCUT2D eigenvalue weighted by atomic mass is 10.1. The third kappa shape index (κ3) is 6.75. The van der Waals surface area contributed by atoms with E-state index in [2.05, 4.69) is 0 Å². The highest BCUT2D eigenvalue weighted by Gasteiger charge is 2.29. The zero-order valence-electron chi connectivity index (χ0n) is 15.5. The fourth-order valence-corrected chi connectivity index (χ4v) is 2.51. The Labute approximate surface area is 159 Å². The van der Waals surface area contributed by atoms with E-state index in [1.807, 2.05) is 67.6 Å². The van der Waals surface area contributed by atoms with Crippen LogP contribution in [-0.2, 0) is 27.5 Å². The van der Waals surface area contributed by atoms with Gasteiger partial charge < -0.3 is 9.47 Å². The molecular formula is C21H26N2O4. The van der Waals surface area contributed by atoms with Crippen LogP contribution in [0.15, 0.2) is 60.7 Å². The highest BCUT2D eigenvalue weighted by atomic mass is 16.6. The van der Waals surface area contributed by atoms with Gasteiger partial charge in [-0.05, 0) is 17.5 Å². The number of ether oxygens (including phenoxy) is 2. The molecule has 0 aliphatic rings.